The van der Waals surface area contributed by atoms with E-state index in [1.165, 1.54) is 5.56 Å². The second kappa shape index (κ2) is 7.75. The summed E-state index contributed by atoms with van der Waals surface area (Å²) in [5.41, 5.74) is 3.19. The minimum absolute atomic E-state index is 0.200. The molecule has 2 heterocycles. The van der Waals surface area contributed by atoms with Crippen LogP contribution in [0.15, 0.2) is 71.9 Å². The molecule has 0 radical (unpaired) electrons. The molecule has 0 fully saturated rings. The Morgan fingerprint density at radius 1 is 1.08 bits per heavy atom. The molecule has 0 bridgehead atoms. The molecule has 0 unspecified atom stereocenters. The maximum Gasteiger partial charge on any atom is 0.274 e. The van der Waals surface area contributed by atoms with Crippen LogP contribution < -0.4 is 5.32 Å². The van der Waals surface area contributed by atoms with Crippen LogP contribution in [-0.4, -0.2) is 15.9 Å². The van der Waals surface area contributed by atoms with Gasteiger partial charge in [-0.25, -0.2) is 4.98 Å². The van der Waals surface area contributed by atoms with Crippen molar-refractivity contribution in [2.75, 3.05) is 5.32 Å². The number of anilines is 1. The molecular weight excluding hydrogens is 318 g/mol. The van der Waals surface area contributed by atoms with Crippen LogP contribution in [0.5, 0.6) is 0 Å². The van der Waals surface area contributed by atoms with Crippen LogP contribution in [-0.2, 0) is 5.75 Å². The third-order valence-electron chi connectivity index (χ3n) is 3.36. The zero-order valence-electron chi connectivity index (χ0n) is 13.3. The first-order chi connectivity index (χ1) is 11.7. The molecule has 0 spiro atoms. The maximum absolute atomic E-state index is 12.2. The van der Waals surface area contributed by atoms with E-state index in [0.29, 0.717) is 5.69 Å². The number of hydrogen-bond donors (Lipinski definition) is 1. The number of amides is 1. The molecule has 3 aromatic rings. The Bertz CT molecular complexity index is 820. The number of rotatable bonds is 5. The molecule has 120 valence electrons. The summed E-state index contributed by atoms with van der Waals surface area (Å²) in [6, 6.07) is 17.2. The van der Waals surface area contributed by atoms with E-state index in [1.807, 2.05) is 55.6 Å². The van der Waals surface area contributed by atoms with Crippen LogP contribution in [0.1, 0.15) is 21.7 Å². The van der Waals surface area contributed by atoms with Gasteiger partial charge in [0.05, 0.1) is 0 Å². The highest BCUT2D eigenvalue weighted by Crippen LogP contribution is 2.24. The smallest absolute Gasteiger partial charge is 0.274 e. The van der Waals surface area contributed by atoms with E-state index < -0.39 is 0 Å². The summed E-state index contributed by atoms with van der Waals surface area (Å²) >= 11 is 1.73. The number of hydrogen-bond acceptors (Lipinski definition) is 4. The van der Waals surface area contributed by atoms with Crippen molar-refractivity contribution in [1.29, 1.82) is 0 Å². The fourth-order valence-corrected chi connectivity index (χ4v) is 2.98. The lowest BCUT2D eigenvalue weighted by molar-refractivity contribution is 0.102. The zero-order valence-corrected chi connectivity index (χ0v) is 14.1. The molecule has 5 heteroatoms. The molecule has 4 nitrogen and oxygen atoms in total. The molecule has 0 saturated carbocycles. The molecule has 0 saturated heterocycles. The summed E-state index contributed by atoms with van der Waals surface area (Å²) in [6.45, 7) is 1.87. The number of carbonyl (C=O) groups excluding carboxylic acids is 1. The highest BCUT2D eigenvalue weighted by Gasteiger charge is 2.07. The molecule has 0 aliphatic heterocycles. The van der Waals surface area contributed by atoms with Gasteiger partial charge in [0.1, 0.15) is 5.69 Å². The van der Waals surface area contributed by atoms with Crippen molar-refractivity contribution < 1.29 is 4.79 Å². The van der Waals surface area contributed by atoms with E-state index in [0.717, 1.165) is 22.0 Å². The van der Waals surface area contributed by atoms with E-state index >= 15 is 0 Å². The number of nitrogens with one attached hydrogen (secondary N) is 1. The van der Waals surface area contributed by atoms with Gasteiger partial charge in [0.2, 0.25) is 0 Å². The first kappa shape index (κ1) is 16.2. The number of nitrogens with zero attached hydrogens (tertiary/aromatic N) is 2. The molecule has 1 N–H and O–H groups in total. The van der Waals surface area contributed by atoms with Crippen LogP contribution in [0.3, 0.4) is 0 Å². The molecule has 0 aliphatic carbocycles. The largest absolute Gasteiger partial charge is 0.321 e. The highest BCUT2D eigenvalue weighted by molar-refractivity contribution is 7.98. The number of carbonyl (C=O) groups is 1. The number of thioether (sulfide) groups is 1. The van der Waals surface area contributed by atoms with Crippen LogP contribution >= 0.6 is 11.8 Å². The van der Waals surface area contributed by atoms with Crippen LogP contribution in [0, 0.1) is 6.92 Å². The predicted molar refractivity (Wildman–Crippen MR) is 97.2 cm³/mol. The Labute approximate surface area is 145 Å². The van der Waals surface area contributed by atoms with Gasteiger partial charge in [0, 0.05) is 34.4 Å². The van der Waals surface area contributed by atoms with Crippen molar-refractivity contribution in [2.45, 2.75) is 17.6 Å². The Balaban J connectivity index is 1.59. The van der Waals surface area contributed by atoms with Gasteiger partial charge in [-0.3, -0.25) is 9.78 Å². The fraction of sp³-hybridized carbons (Fsp3) is 0.105. The molecule has 0 atom stereocenters. The molecule has 0 aliphatic rings. The average Bonchev–Trinajstić information content (AvgIpc) is 2.62. The first-order valence-corrected chi connectivity index (χ1v) is 8.56. The van der Waals surface area contributed by atoms with Gasteiger partial charge in [-0.2, -0.15) is 0 Å². The summed E-state index contributed by atoms with van der Waals surface area (Å²) in [5.74, 6) is 0.668. The minimum atomic E-state index is -0.200. The van der Waals surface area contributed by atoms with Gasteiger partial charge in [-0.05, 0) is 55.0 Å². The standard InChI is InChI=1S/C19H17N3OS/c1-14-4-2-6-18(21-14)19(23)22-16-7-9-17(10-8-16)24-13-15-5-3-11-20-12-15/h2-12H,13H2,1H3,(H,22,23). The Morgan fingerprint density at radius 2 is 1.92 bits per heavy atom. The lowest BCUT2D eigenvalue weighted by Crippen LogP contribution is -2.13. The van der Waals surface area contributed by atoms with Gasteiger partial charge >= 0.3 is 0 Å². The summed E-state index contributed by atoms with van der Waals surface area (Å²) in [6.07, 6.45) is 3.64. The Kier molecular flexibility index (Phi) is 5.23. The lowest BCUT2D eigenvalue weighted by atomic mass is 10.2. The Morgan fingerprint density at radius 3 is 2.62 bits per heavy atom. The van der Waals surface area contributed by atoms with Crippen LogP contribution in [0.2, 0.25) is 0 Å². The minimum Gasteiger partial charge on any atom is -0.321 e. The normalized spacial score (nSPS) is 10.4. The third-order valence-corrected chi connectivity index (χ3v) is 4.44. The van der Waals surface area contributed by atoms with Crippen molar-refractivity contribution in [2.24, 2.45) is 0 Å². The van der Waals surface area contributed by atoms with Crippen molar-refractivity contribution in [3.05, 3.63) is 83.9 Å². The van der Waals surface area contributed by atoms with Crippen molar-refractivity contribution in [3.8, 4) is 0 Å². The number of aryl methyl sites for hydroxylation is 1. The topological polar surface area (TPSA) is 54.9 Å². The summed E-state index contributed by atoms with van der Waals surface area (Å²) in [7, 11) is 0. The predicted octanol–water partition coefficient (Wildman–Crippen LogP) is 4.33. The maximum atomic E-state index is 12.2. The van der Waals surface area contributed by atoms with Gasteiger partial charge in [0.15, 0.2) is 0 Å². The second-order valence-electron chi connectivity index (χ2n) is 5.29. The molecule has 2 aromatic heterocycles. The van der Waals surface area contributed by atoms with Crippen molar-refractivity contribution in [3.63, 3.8) is 0 Å². The second-order valence-corrected chi connectivity index (χ2v) is 6.34. The number of benzene rings is 1. The quantitative estimate of drug-likeness (QED) is 0.705. The van der Waals surface area contributed by atoms with Gasteiger partial charge < -0.3 is 5.32 Å². The molecule has 3 rings (SSSR count). The highest BCUT2D eigenvalue weighted by atomic mass is 32.2. The third kappa shape index (κ3) is 4.43. The van der Waals surface area contributed by atoms with Gasteiger partial charge in [-0.1, -0.05) is 12.1 Å². The van der Waals surface area contributed by atoms with Crippen LogP contribution in [0.4, 0.5) is 5.69 Å². The molecule has 24 heavy (non-hydrogen) atoms. The Hall–Kier alpha value is -2.66. The fourth-order valence-electron chi connectivity index (χ4n) is 2.15. The molecule has 1 aromatic carbocycles. The van der Waals surface area contributed by atoms with E-state index in [9.17, 15) is 4.79 Å². The lowest BCUT2D eigenvalue weighted by Gasteiger charge is -2.07. The summed E-state index contributed by atoms with van der Waals surface area (Å²) in [5, 5.41) is 2.87. The average molecular weight is 335 g/mol. The van der Waals surface area contributed by atoms with E-state index in [4.69, 9.17) is 0 Å². The number of pyridine rings is 2. The van der Waals surface area contributed by atoms with Crippen molar-refractivity contribution >= 4 is 23.4 Å². The summed E-state index contributed by atoms with van der Waals surface area (Å²) < 4.78 is 0. The van der Waals surface area contributed by atoms with E-state index in [2.05, 4.69) is 21.4 Å². The van der Waals surface area contributed by atoms with Crippen molar-refractivity contribution in [1.82, 2.24) is 9.97 Å². The van der Waals surface area contributed by atoms with E-state index in [1.54, 1.807) is 24.0 Å². The summed E-state index contributed by atoms with van der Waals surface area (Å²) in [4.78, 5) is 21.7. The SMILES string of the molecule is Cc1cccc(C(=O)Nc2ccc(SCc3cccnc3)cc2)n1. The van der Waals surface area contributed by atoms with E-state index in [-0.39, 0.29) is 5.91 Å². The molecular formula is C19H17N3OS. The first-order valence-electron chi connectivity index (χ1n) is 7.57. The van der Waals surface area contributed by atoms with Gasteiger partial charge in [-0.15, -0.1) is 11.8 Å². The van der Waals surface area contributed by atoms with Crippen LogP contribution in [0.25, 0.3) is 0 Å². The number of aromatic nitrogens is 2. The monoisotopic (exact) mass is 335 g/mol. The zero-order chi connectivity index (χ0) is 16.8. The molecule has 1 amide bonds. The van der Waals surface area contributed by atoms with Gasteiger partial charge in [0.25, 0.3) is 5.91 Å².